The molecule has 0 saturated heterocycles. The zero-order valence-corrected chi connectivity index (χ0v) is 12.5. The smallest absolute Gasteiger partial charge is 0.257 e. The molecule has 0 radical (unpaired) electrons. The van der Waals surface area contributed by atoms with Gasteiger partial charge in [-0.05, 0) is 30.3 Å². The Morgan fingerprint density at radius 1 is 1.30 bits per heavy atom. The van der Waals surface area contributed by atoms with Gasteiger partial charge in [0.05, 0.1) is 16.3 Å². The van der Waals surface area contributed by atoms with Crippen LogP contribution >= 0.6 is 27.5 Å². The molecule has 0 saturated carbocycles. The molecule has 1 N–H and O–H groups in total. The number of fused-ring (bicyclic) bond motifs is 1. The average molecular weight is 351 g/mol. The number of pyridine rings is 1. The first-order valence-electron chi connectivity index (χ1n) is 5.82. The van der Waals surface area contributed by atoms with Gasteiger partial charge < -0.3 is 9.72 Å². The standard InChI is InChI=1S/C14H9BrClN3O/c15-10-2-3-12(11(16)7-10)18-14(20)9-1-4-13-17-5-6-19(13)8-9/h1-8H,(H,18,20). The Balaban J connectivity index is 1.88. The second-order valence-electron chi connectivity index (χ2n) is 4.19. The minimum atomic E-state index is -0.218. The molecule has 0 spiro atoms. The maximum Gasteiger partial charge on any atom is 0.257 e. The van der Waals surface area contributed by atoms with Crippen LogP contribution in [0.1, 0.15) is 10.4 Å². The first-order valence-corrected chi connectivity index (χ1v) is 7.00. The summed E-state index contributed by atoms with van der Waals surface area (Å²) in [5.74, 6) is -0.218. The lowest BCUT2D eigenvalue weighted by molar-refractivity contribution is 0.102. The molecule has 2 aromatic heterocycles. The maximum absolute atomic E-state index is 12.2. The Morgan fingerprint density at radius 2 is 2.15 bits per heavy atom. The van der Waals surface area contributed by atoms with Crippen molar-refractivity contribution in [3.05, 3.63) is 64.0 Å². The van der Waals surface area contributed by atoms with Crippen molar-refractivity contribution in [2.45, 2.75) is 0 Å². The Morgan fingerprint density at radius 3 is 2.95 bits per heavy atom. The van der Waals surface area contributed by atoms with Crippen molar-refractivity contribution in [2.75, 3.05) is 5.32 Å². The van der Waals surface area contributed by atoms with E-state index >= 15 is 0 Å². The van der Waals surface area contributed by atoms with Crippen molar-refractivity contribution in [3.63, 3.8) is 0 Å². The highest BCUT2D eigenvalue weighted by atomic mass is 79.9. The molecule has 100 valence electrons. The van der Waals surface area contributed by atoms with Crippen LogP contribution in [0.3, 0.4) is 0 Å². The summed E-state index contributed by atoms with van der Waals surface area (Å²) in [7, 11) is 0. The van der Waals surface area contributed by atoms with Gasteiger partial charge in [-0.15, -0.1) is 0 Å². The Kier molecular flexibility index (Phi) is 3.46. The SMILES string of the molecule is O=C(Nc1ccc(Br)cc1Cl)c1ccc2nccn2c1. The van der Waals surface area contributed by atoms with Crippen molar-refractivity contribution in [1.82, 2.24) is 9.38 Å². The molecule has 0 bridgehead atoms. The van der Waals surface area contributed by atoms with Gasteiger partial charge in [0.25, 0.3) is 5.91 Å². The third-order valence-electron chi connectivity index (χ3n) is 2.83. The number of carbonyl (C=O) groups is 1. The van der Waals surface area contributed by atoms with Crippen molar-refractivity contribution in [2.24, 2.45) is 0 Å². The number of rotatable bonds is 2. The predicted molar refractivity (Wildman–Crippen MR) is 82.3 cm³/mol. The minimum absolute atomic E-state index is 0.218. The first-order chi connectivity index (χ1) is 9.63. The number of carbonyl (C=O) groups excluding carboxylic acids is 1. The number of hydrogen-bond donors (Lipinski definition) is 1. The number of nitrogens with zero attached hydrogens (tertiary/aromatic N) is 2. The predicted octanol–water partition coefficient (Wildman–Crippen LogP) is 4.00. The second-order valence-corrected chi connectivity index (χ2v) is 5.51. The van der Waals surface area contributed by atoms with Crippen molar-refractivity contribution in [3.8, 4) is 0 Å². The van der Waals surface area contributed by atoms with E-state index in [4.69, 9.17) is 11.6 Å². The molecular weight excluding hydrogens is 342 g/mol. The number of benzene rings is 1. The molecule has 1 amide bonds. The highest BCUT2D eigenvalue weighted by Gasteiger charge is 2.09. The molecule has 4 nitrogen and oxygen atoms in total. The highest BCUT2D eigenvalue weighted by molar-refractivity contribution is 9.10. The lowest BCUT2D eigenvalue weighted by atomic mass is 10.2. The molecule has 0 fully saturated rings. The largest absolute Gasteiger partial charge is 0.321 e. The normalized spacial score (nSPS) is 10.7. The minimum Gasteiger partial charge on any atom is -0.321 e. The first kappa shape index (κ1) is 13.1. The Labute approximate surface area is 128 Å². The zero-order chi connectivity index (χ0) is 14.1. The third kappa shape index (κ3) is 2.55. The van der Waals surface area contributed by atoms with E-state index in [1.807, 2.05) is 6.07 Å². The van der Waals surface area contributed by atoms with Crippen LogP contribution in [0, 0.1) is 0 Å². The molecule has 20 heavy (non-hydrogen) atoms. The van der Waals surface area contributed by atoms with Crippen LogP contribution in [-0.2, 0) is 0 Å². The number of hydrogen-bond acceptors (Lipinski definition) is 2. The number of anilines is 1. The average Bonchev–Trinajstić information content (AvgIpc) is 2.89. The van der Waals surface area contributed by atoms with Crippen LogP contribution in [0.25, 0.3) is 5.65 Å². The number of nitrogens with one attached hydrogen (secondary N) is 1. The molecule has 6 heteroatoms. The molecule has 0 aliphatic heterocycles. The summed E-state index contributed by atoms with van der Waals surface area (Å²) >= 11 is 9.40. The molecule has 1 aromatic carbocycles. The molecule has 3 aromatic rings. The van der Waals surface area contributed by atoms with Crippen LogP contribution in [-0.4, -0.2) is 15.3 Å². The van der Waals surface area contributed by atoms with Gasteiger partial charge >= 0.3 is 0 Å². The summed E-state index contributed by atoms with van der Waals surface area (Å²) in [6, 6.07) is 8.82. The van der Waals surface area contributed by atoms with Gasteiger partial charge in [0.2, 0.25) is 0 Å². The van der Waals surface area contributed by atoms with E-state index < -0.39 is 0 Å². The number of amides is 1. The van der Waals surface area contributed by atoms with Crippen LogP contribution in [0.5, 0.6) is 0 Å². The summed E-state index contributed by atoms with van der Waals surface area (Å²) in [6.45, 7) is 0. The summed E-state index contributed by atoms with van der Waals surface area (Å²) in [4.78, 5) is 16.3. The van der Waals surface area contributed by atoms with Gasteiger partial charge in [0.15, 0.2) is 0 Å². The van der Waals surface area contributed by atoms with Gasteiger partial charge in [0.1, 0.15) is 5.65 Å². The van der Waals surface area contributed by atoms with E-state index in [1.54, 1.807) is 47.3 Å². The fourth-order valence-electron chi connectivity index (χ4n) is 1.84. The molecular formula is C14H9BrClN3O. The third-order valence-corrected chi connectivity index (χ3v) is 3.64. The molecule has 0 unspecified atom stereocenters. The van der Waals surface area contributed by atoms with Crippen molar-refractivity contribution >= 4 is 44.8 Å². The van der Waals surface area contributed by atoms with E-state index in [0.717, 1.165) is 10.1 Å². The van der Waals surface area contributed by atoms with E-state index in [1.165, 1.54) is 0 Å². The summed E-state index contributed by atoms with van der Waals surface area (Å²) in [5, 5.41) is 3.27. The van der Waals surface area contributed by atoms with Gasteiger partial charge in [-0.3, -0.25) is 4.79 Å². The quantitative estimate of drug-likeness (QED) is 0.759. The zero-order valence-electron chi connectivity index (χ0n) is 10.2. The van der Waals surface area contributed by atoms with Gasteiger partial charge in [-0.1, -0.05) is 27.5 Å². The van der Waals surface area contributed by atoms with Crippen molar-refractivity contribution in [1.29, 1.82) is 0 Å². The molecule has 0 aliphatic carbocycles. The molecule has 3 rings (SSSR count). The van der Waals surface area contributed by atoms with E-state index in [0.29, 0.717) is 16.3 Å². The highest BCUT2D eigenvalue weighted by Crippen LogP contribution is 2.26. The van der Waals surface area contributed by atoms with Gasteiger partial charge in [-0.25, -0.2) is 4.98 Å². The van der Waals surface area contributed by atoms with E-state index in [2.05, 4.69) is 26.2 Å². The van der Waals surface area contributed by atoms with Crippen LogP contribution < -0.4 is 5.32 Å². The van der Waals surface area contributed by atoms with Crippen LogP contribution in [0.4, 0.5) is 5.69 Å². The number of aromatic nitrogens is 2. The monoisotopic (exact) mass is 349 g/mol. The van der Waals surface area contributed by atoms with Crippen LogP contribution in [0.2, 0.25) is 5.02 Å². The number of imidazole rings is 1. The van der Waals surface area contributed by atoms with E-state index in [9.17, 15) is 4.79 Å². The fourth-order valence-corrected chi connectivity index (χ4v) is 2.56. The lowest BCUT2D eigenvalue weighted by Crippen LogP contribution is -2.12. The fraction of sp³-hybridized carbons (Fsp3) is 0. The Hall–Kier alpha value is -1.85. The molecule has 2 heterocycles. The molecule has 0 atom stereocenters. The summed E-state index contributed by atoms with van der Waals surface area (Å²) < 4.78 is 2.65. The summed E-state index contributed by atoms with van der Waals surface area (Å²) in [5.41, 5.74) is 1.91. The summed E-state index contributed by atoms with van der Waals surface area (Å²) in [6.07, 6.45) is 5.20. The van der Waals surface area contributed by atoms with Crippen molar-refractivity contribution < 1.29 is 4.79 Å². The van der Waals surface area contributed by atoms with Gasteiger partial charge in [-0.2, -0.15) is 0 Å². The van der Waals surface area contributed by atoms with Gasteiger partial charge in [0, 0.05) is 23.1 Å². The number of halogens is 2. The van der Waals surface area contributed by atoms with E-state index in [-0.39, 0.29) is 5.91 Å². The topological polar surface area (TPSA) is 46.4 Å². The second kappa shape index (κ2) is 5.26. The maximum atomic E-state index is 12.2. The molecule has 0 aliphatic rings. The van der Waals surface area contributed by atoms with Crippen LogP contribution in [0.15, 0.2) is 53.4 Å². The Bertz CT molecular complexity index is 800. The lowest BCUT2D eigenvalue weighted by Gasteiger charge is -2.08.